The molecule has 1 heterocycles. The van der Waals surface area contributed by atoms with Crippen LogP contribution in [0.5, 0.6) is 5.75 Å². The maximum atomic E-state index is 12.3. The van der Waals surface area contributed by atoms with E-state index in [1.54, 1.807) is 14.0 Å². The van der Waals surface area contributed by atoms with Gasteiger partial charge in [0.05, 0.1) is 13.7 Å². The maximum absolute atomic E-state index is 12.3. The highest BCUT2D eigenvalue weighted by atomic mass is 16.5. The number of nitrogens with zero attached hydrogens (tertiary/aromatic N) is 1. The zero-order chi connectivity index (χ0) is 18.2. The van der Waals surface area contributed by atoms with Crippen molar-refractivity contribution in [3.05, 3.63) is 29.8 Å². The summed E-state index contributed by atoms with van der Waals surface area (Å²) in [6, 6.07) is 8.06. The lowest BCUT2D eigenvalue weighted by atomic mass is 9.99. The minimum absolute atomic E-state index is 0.0557. The predicted molar refractivity (Wildman–Crippen MR) is 99.7 cm³/mol. The van der Waals surface area contributed by atoms with Crippen LogP contribution in [0.3, 0.4) is 0 Å². The van der Waals surface area contributed by atoms with Gasteiger partial charge in [-0.25, -0.2) is 0 Å². The fourth-order valence-corrected chi connectivity index (χ4v) is 3.21. The molecule has 3 atom stereocenters. The van der Waals surface area contributed by atoms with Gasteiger partial charge in [-0.3, -0.25) is 9.69 Å². The van der Waals surface area contributed by atoms with Gasteiger partial charge in [-0.1, -0.05) is 19.1 Å². The summed E-state index contributed by atoms with van der Waals surface area (Å²) in [7, 11) is 1.64. The van der Waals surface area contributed by atoms with Crippen LogP contribution in [0, 0.1) is 5.92 Å². The lowest BCUT2D eigenvalue weighted by Gasteiger charge is -2.35. The smallest absolute Gasteiger partial charge is 0.248 e. The van der Waals surface area contributed by atoms with Crippen molar-refractivity contribution in [3.63, 3.8) is 0 Å². The van der Waals surface area contributed by atoms with Crippen LogP contribution in [0.2, 0.25) is 0 Å². The molecule has 1 aliphatic heterocycles. The Morgan fingerprint density at radius 1 is 1.40 bits per heavy atom. The first-order valence-corrected chi connectivity index (χ1v) is 9.26. The minimum Gasteiger partial charge on any atom is -0.497 e. The summed E-state index contributed by atoms with van der Waals surface area (Å²) >= 11 is 0. The van der Waals surface area contributed by atoms with Crippen molar-refractivity contribution < 1.29 is 14.3 Å². The van der Waals surface area contributed by atoms with E-state index in [0.29, 0.717) is 19.2 Å². The second-order valence-corrected chi connectivity index (χ2v) is 7.14. The summed E-state index contributed by atoms with van der Waals surface area (Å²) in [5, 5.41) is 3.02. The van der Waals surface area contributed by atoms with E-state index in [1.807, 2.05) is 24.3 Å². The molecule has 2 rings (SSSR count). The molecule has 5 heteroatoms. The maximum Gasteiger partial charge on any atom is 0.248 e. The number of rotatable bonds is 8. The largest absolute Gasteiger partial charge is 0.497 e. The lowest BCUT2D eigenvalue weighted by Crippen LogP contribution is -2.47. The highest BCUT2D eigenvalue weighted by Crippen LogP contribution is 2.17. The molecular formula is C20H32N2O3. The minimum atomic E-state index is -0.473. The van der Waals surface area contributed by atoms with Gasteiger partial charge in [0.25, 0.3) is 0 Å². The number of piperidine rings is 1. The summed E-state index contributed by atoms with van der Waals surface area (Å²) in [4.78, 5) is 14.7. The summed E-state index contributed by atoms with van der Waals surface area (Å²) < 4.78 is 10.9. The molecule has 140 valence electrons. The van der Waals surface area contributed by atoms with E-state index >= 15 is 0 Å². The first kappa shape index (κ1) is 19.7. The number of carbonyl (C=O) groups is 1. The van der Waals surface area contributed by atoms with Crippen molar-refractivity contribution in [2.75, 3.05) is 26.7 Å². The van der Waals surface area contributed by atoms with Gasteiger partial charge in [-0.15, -0.1) is 0 Å². The molecule has 1 aliphatic rings. The third-order valence-corrected chi connectivity index (χ3v) is 4.89. The molecule has 0 bridgehead atoms. The summed E-state index contributed by atoms with van der Waals surface area (Å²) in [6.45, 7) is 9.58. The number of carbonyl (C=O) groups excluding carboxylic acids is 1. The molecule has 25 heavy (non-hydrogen) atoms. The molecule has 1 saturated heterocycles. The Kier molecular flexibility index (Phi) is 7.72. The fourth-order valence-electron chi connectivity index (χ4n) is 3.21. The van der Waals surface area contributed by atoms with Crippen molar-refractivity contribution in [2.24, 2.45) is 5.92 Å². The van der Waals surface area contributed by atoms with Gasteiger partial charge >= 0.3 is 0 Å². The first-order chi connectivity index (χ1) is 12.0. The number of ether oxygens (including phenoxy) is 2. The Morgan fingerprint density at radius 2 is 2.20 bits per heavy atom. The van der Waals surface area contributed by atoms with E-state index in [9.17, 15) is 4.79 Å². The molecule has 5 nitrogen and oxygen atoms in total. The molecular weight excluding hydrogens is 316 g/mol. The van der Waals surface area contributed by atoms with E-state index in [0.717, 1.165) is 30.3 Å². The third-order valence-electron chi connectivity index (χ3n) is 4.89. The Bertz CT molecular complexity index is 549. The van der Waals surface area contributed by atoms with Gasteiger partial charge in [0.1, 0.15) is 11.9 Å². The van der Waals surface area contributed by atoms with Gasteiger partial charge in [0, 0.05) is 19.1 Å². The van der Waals surface area contributed by atoms with Crippen molar-refractivity contribution in [3.8, 4) is 5.75 Å². The number of methoxy groups -OCH3 is 1. The molecule has 1 aromatic carbocycles. The average Bonchev–Trinajstić information content (AvgIpc) is 2.64. The van der Waals surface area contributed by atoms with Crippen LogP contribution in [0.25, 0.3) is 0 Å². The van der Waals surface area contributed by atoms with Gasteiger partial charge in [-0.2, -0.15) is 0 Å². The number of likely N-dealkylation sites (tertiary alicyclic amines) is 1. The van der Waals surface area contributed by atoms with Gasteiger partial charge in [-0.05, 0) is 56.8 Å². The molecule has 0 unspecified atom stereocenters. The van der Waals surface area contributed by atoms with Crippen LogP contribution < -0.4 is 10.1 Å². The number of nitrogens with one attached hydrogen (secondary N) is 1. The van der Waals surface area contributed by atoms with Crippen LogP contribution in [0.15, 0.2) is 24.3 Å². The summed E-state index contributed by atoms with van der Waals surface area (Å²) in [5.74, 6) is 1.49. The molecule has 1 amide bonds. The molecule has 0 spiro atoms. The Hall–Kier alpha value is -1.59. The molecule has 1 aromatic rings. The predicted octanol–water partition coefficient (Wildman–Crippen LogP) is 2.84. The molecule has 0 radical (unpaired) electrons. The van der Waals surface area contributed by atoms with Crippen molar-refractivity contribution in [1.82, 2.24) is 10.2 Å². The molecule has 1 fully saturated rings. The van der Waals surface area contributed by atoms with Crippen LogP contribution in [-0.4, -0.2) is 49.7 Å². The van der Waals surface area contributed by atoms with E-state index in [-0.39, 0.29) is 5.91 Å². The van der Waals surface area contributed by atoms with E-state index in [2.05, 4.69) is 24.1 Å². The number of benzene rings is 1. The average molecular weight is 348 g/mol. The zero-order valence-corrected chi connectivity index (χ0v) is 16.0. The number of hydrogen-bond acceptors (Lipinski definition) is 4. The Balaban J connectivity index is 1.72. The summed E-state index contributed by atoms with van der Waals surface area (Å²) in [5.41, 5.74) is 0.995. The Morgan fingerprint density at radius 3 is 2.92 bits per heavy atom. The highest BCUT2D eigenvalue weighted by molar-refractivity contribution is 5.80. The number of amides is 1. The topological polar surface area (TPSA) is 50.8 Å². The molecule has 0 aromatic heterocycles. The van der Waals surface area contributed by atoms with Gasteiger partial charge in [0.2, 0.25) is 5.91 Å². The quantitative estimate of drug-likeness (QED) is 0.785. The second-order valence-electron chi connectivity index (χ2n) is 7.14. The third kappa shape index (κ3) is 6.33. The first-order valence-electron chi connectivity index (χ1n) is 9.26. The van der Waals surface area contributed by atoms with Crippen LogP contribution in [0.4, 0.5) is 0 Å². The van der Waals surface area contributed by atoms with Crippen LogP contribution in [-0.2, 0) is 16.1 Å². The molecule has 1 N–H and O–H groups in total. The zero-order valence-electron chi connectivity index (χ0n) is 16.0. The Labute approximate surface area is 151 Å². The SMILES string of the molecule is COc1cccc(CO[C@H](C)C(=O)NC[C@H](C)N2CCC[C@@H](C)C2)c1. The van der Waals surface area contributed by atoms with Gasteiger partial charge < -0.3 is 14.8 Å². The lowest BCUT2D eigenvalue weighted by molar-refractivity contribution is -0.132. The fraction of sp³-hybridized carbons (Fsp3) is 0.650. The van der Waals surface area contributed by atoms with Gasteiger partial charge in [0.15, 0.2) is 0 Å². The normalized spacial score (nSPS) is 20.7. The summed E-state index contributed by atoms with van der Waals surface area (Å²) in [6.07, 6.45) is 2.09. The van der Waals surface area contributed by atoms with Crippen molar-refractivity contribution in [2.45, 2.75) is 52.4 Å². The van der Waals surface area contributed by atoms with E-state index in [4.69, 9.17) is 9.47 Å². The molecule has 0 saturated carbocycles. The monoisotopic (exact) mass is 348 g/mol. The molecule has 0 aliphatic carbocycles. The van der Waals surface area contributed by atoms with Crippen LogP contribution >= 0.6 is 0 Å². The van der Waals surface area contributed by atoms with Crippen molar-refractivity contribution >= 4 is 5.91 Å². The van der Waals surface area contributed by atoms with E-state index < -0.39 is 6.10 Å². The van der Waals surface area contributed by atoms with E-state index in [1.165, 1.54) is 12.8 Å². The highest BCUT2D eigenvalue weighted by Gasteiger charge is 2.22. The number of hydrogen-bond donors (Lipinski definition) is 1. The van der Waals surface area contributed by atoms with Crippen molar-refractivity contribution in [1.29, 1.82) is 0 Å². The van der Waals surface area contributed by atoms with Crippen LogP contribution in [0.1, 0.15) is 39.2 Å². The standard InChI is InChI=1S/C20H32N2O3/c1-15-7-6-10-22(13-15)16(2)12-21-20(23)17(3)25-14-18-8-5-9-19(11-18)24-4/h5,8-9,11,15-17H,6-7,10,12-14H2,1-4H3,(H,21,23)/t15-,16+,17-/m1/s1. The second kappa shape index (κ2) is 9.78.